The highest BCUT2D eigenvalue weighted by molar-refractivity contribution is 7.92. The summed E-state index contributed by atoms with van der Waals surface area (Å²) in [4.78, 5) is 12.0. The van der Waals surface area contributed by atoms with Gasteiger partial charge in [0.25, 0.3) is 15.9 Å². The van der Waals surface area contributed by atoms with E-state index in [9.17, 15) is 34.8 Å². The van der Waals surface area contributed by atoms with Gasteiger partial charge < -0.3 is 10.1 Å². The number of ether oxygens (including phenoxy) is 1. The lowest BCUT2D eigenvalue weighted by Gasteiger charge is -2.14. The van der Waals surface area contributed by atoms with Crippen molar-refractivity contribution >= 4 is 37.3 Å². The highest BCUT2D eigenvalue weighted by atomic mass is 32.2. The third-order valence-corrected chi connectivity index (χ3v) is 7.81. The molecule has 204 valence electrons. The minimum Gasteiger partial charge on any atom is -0.484 e. The van der Waals surface area contributed by atoms with Crippen molar-refractivity contribution in [3.8, 4) is 5.75 Å². The third-order valence-electron chi connectivity index (χ3n) is 5.16. The predicted molar refractivity (Wildman–Crippen MR) is 136 cm³/mol. The van der Waals surface area contributed by atoms with Crippen LogP contribution in [0.5, 0.6) is 5.75 Å². The zero-order valence-corrected chi connectivity index (χ0v) is 21.8. The summed E-state index contributed by atoms with van der Waals surface area (Å²) in [6.45, 7) is -0.166. The van der Waals surface area contributed by atoms with Crippen LogP contribution in [0, 0.1) is 0 Å². The van der Waals surface area contributed by atoms with Crippen LogP contribution in [0.1, 0.15) is 11.1 Å². The Balaban J connectivity index is 1.55. The van der Waals surface area contributed by atoms with Crippen molar-refractivity contribution in [1.82, 2.24) is 4.31 Å². The molecule has 0 heterocycles. The minimum atomic E-state index is -4.62. The van der Waals surface area contributed by atoms with E-state index in [1.165, 1.54) is 41.7 Å². The Bertz CT molecular complexity index is 1490. The van der Waals surface area contributed by atoms with Crippen LogP contribution in [-0.2, 0) is 37.6 Å². The average molecular weight is 572 g/mol. The van der Waals surface area contributed by atoms with E-state index >= 15 is 0 Å². The van der Waals surface area contributed by atoms with Gasteiger partial charge in [-0.3, -0.25) is 9.52 Å². The van der Waals surface area contributed by atoms with E-state index in [1.807, 2.05) is 0 Å². The molecular formula is C24H24F3N3O6S2. The Morgan fingerprint density at radius 2 is 1.55 bits per heavy atom. The first-order chi connectivity index (χ1) is 17.6. The largest absolute Gasteiger partial charge is 0.484 e. The average Bonchev–Trinajstić information content (AvgIpc) is 2.83. The number of hydrogen-bond donors (Lipinski definition) is 2. The highest BCUT2D eigenvalue weighted by Crippen LogP contribution is 2.31. The topological polar surface area (TPSA) is 122 Å². The van der Waals surface area contributed by atoms with Crippen LogP contribution in [0.2, 0.25) is 0 Å². The molecule has 0 bridgehead atoms. The Morgan fingerprint density at radius 1 is 0.921 bits per heavy atom. The van der Waals surface area contributed by atoms with Crippen LogP contribution < -0.4 is 14.8 Å². The van der Waals surface area contributed by atoms with Crippen LogP contribution in [0.4, 0.5) is 24.5 Å². The number of alkyl halides is 3. The molecule has 9 nitrogen and oxygen atoms in total. The number of carbonyl (C=O) groups is 1. The third kappa shape index (κ3) is 8.19. The molecule has 0 aromatic heterocycles. The van der Waals surface area contributed by atoms with Crippen molar-refractivity contribution in [3.05, 3.63) is 83.9 Å². The molecule has 3 aromatic rings. The van der Waals surface area contributed by atoms with E-state index in [-0.39, 0.29) is 29.4 Å². The molecule has 0 radical (unpaired) electrons. The molecule has 38 heavy (non-hydrogen) atoms. The fourth-order valence-corrected chi connectivity index (χ4v) is 4.53. The maximum atomic E-state index is 12.9. The van der Waals surface area contributed by atoms with Crippen molar-refractivity contribution in [2.45, 2.75) is 17.6 Å². The molecule has 0 atom stereocenters. The predicted octanol–water partition coefficient (Wildman–Crippen LogP) is 3.92. The molecule has 0 unspecified atom stereocenters. The second-order valence-electron chi connectivity index (χ2n) is 8.21. The number of hydrogen-bond acceptors (Lipinski definition) is 6. The van der Waals surface area contributed by atoms with Crippen LogP contribution in [0.3, 0.4) is 0 Å². The first kappa shape index (κ1) is 28.9. The monoisotopic (exact) mass is 571 g/mol. The summed E-state index contributed by atoms with van der Waals surface area (Å²) in [6.07, 6.45) is -3.52. The molecule has 14 heteroatoms. The van der Waals surface area contributed by atoms with Gasteiger partial charge in [-0.15, -0.1) is 0 Å². The van der Waals surface area contributed by atoms with E-state index in [0.717, 1.165) is 24.0 Å². The molecule has 2 N–H and O–H groups in total. The van der Waals surface area contributed by atoms with Crippen molar-refractivity contribution in [1.29, 1.82) is 0 Å². The van der Waals surface area contributed by atoms with E-state index in [1.54, 1.807) is 24.3 Å². The number of nitrogens with one attached hydrogen (secondary N) is 2. The van der Waals surface area contributed by atoms with Gasteiger partial charge in [0.05, 0.1) is 16.7 Å². The summed E-state index contributed by atoms with van der Waals surface area (Å²) in [5.74, 6) is -0.142. The van der Waals surface area contributed by atoms with Crippen molar-refractivity contribution in [3.63, 3.8) is 0 Å². The van der Waals surface area contributed by atoms with E-state index in [4.69, 9.17) is 4.74 Å². The first-order valence-corrected chi connectivity index (χ1v) is 14.2. The maximum Gasteiger partial charge on any atom is 0.416 e. The number of halogens is 3. The Labute approximate surface area is 218 Å². The van der Waals surface area contributed by atoms with Gasteiger partial charge in [-0.2, -0.15) is 13.2 Å². The summed E-state index contributed by atoms with van der Waals surface area (Å²) in [7, 11) is -6.04. The number of sulfonamides is 2. The molecule has 0 aliphatic rings. The normalized spacial score (nSPS) is 12.3. The van der Waals surface area contributed by atoms with Crippen LogP contribution >= 0.6 is 0 Å². The van der Waals surface area contributed by atoms with E-state index in [2.05, 4.69) is 10.0 Å². The van der Waals surface area contributed by atoms with Gasteiger partial charge in [-0.05, 0) is 60.2 Å². The minimum absolute atomic E-state index is 0.181. The lowest BCUT2D eigenvalue weighted by molar-refractivity contribution is -0.137. The zero-order valence-electron chi connectivity index (χ0n) is 20.2. The highest BCUT2D eigenvalue weighted by Gasteiger charge is 2.30. The molecule has 0 saturated heterocycles. The lowest BCUT2D eigenvalue weighted by Crippen LogP contribution is -2.24. The van der Waals surface area contributed by atoms with Gasteiger partial charge in [0.15, 0.2) is 6.61 Å². The molecular weight excluding hydrogens is 547 g/mol. The molecule has 3 aromatic carbocycles. The number of anilines is 2. The molecule has 1 amide bonds. The Hall–Kier alpha value is -3.62. The molecule has 0 fully saturated rings. The van der Waals surface area contributed by atoms with Gasteiger partial charge in [-0.1, -0.05) is 18.2 Å². The summed E-state index contributed by atoms with van der Waals surface area (Å²) in [6, 6.07) is 15.4. The molecule has 0 saturated carbocycles. The fourth-order valence-electron chi connectivity index (χ4n) is 3.10. The van der Waals surface area contributed by atoms with Crippen molar-refractivity contribution in [2.24, 2.45) is 0 Å². The number of benzene rings is 3. The number of amides is 1. The van der Waals surface area contributed by atoms with Crippen molar-refractivity contribution < 1.29 is 39.5 Å². The van der Waals surface area contributed by atoms with Gasteiger partial charge in [-0.25, -0.2) is 21.1 Å². The standard InChI is InChI=1S/C24H24F3N3O6S2/c1-30(37(2,32)33)15-17-6-10-21(11-7-17)36-16-23(31)28-19-8-12-22(13-9-19)38(34,35)29-20-5-3-4-18(14-20)24(25,26)27/h3-14,29H,15-16H2,1-2H3,(H,28,31). The zero-order chi connectivity index (χ0) is 28.1. The quantitative estimate of drug-likeness (QED) is 0.381. The summed E-state index contributed by atoms with van der Waals surface area (Å²) in [5.41, 5.74) is -0.235. The van der Waals surface area contributed by atoms with Crippen LogP contribution in [-0.4, -0.2) is 47.0 Å². The van der Waals surface area contributed by atoms with Crippen molar-refractivity contribution in [2.75, 3.05) is 29.9 Å². The van der Waals surface area contributed by atoms with Crippen LogP contribution in [0.25, 0.3) is 0 Å². The number of carbonyl (C=O) groups excluding carboxylic acids is 1. The molecule has 0 spiro atoms. The van der Waals surface area contributed by atoms with Gasteiger partial charge in [0.2, 0.25) is 10.0 Å². The second kappa shape index (κ2) is 11.4. The Morgan fingerprint density at radius 3 is 2.13 bits per heavy atom. The molecule has 0 aliphatic heterocycles. The van der Waals surface area contributed by atoms with E-state index < -0.39 is 37.7 Å². The number of rotatable bonds is 10. The smallest absolute Gasteiger partial charge is 0.416 e. The number of nitrogens with zero attached hydrogens (tertiary/aromatic N) is 1. The first-order valence-electron chi connectivity index (χ1n) is 10.9. The summed E-state index contributed by atoms with van der Waals surface area (Å²) < 4.78 is 95.4. The van der Waals surface area contributed by atoms with Crippen LogP contribution in [0.15, 0.2) is 77.7 Å². The SMILES string of the molecule is CN(Cc1ccc(OCC(=O)Nc2ccc(S(=O)(=O)Nc3cccc(C(F)(F)F)c3)cc2)cc1)S(C)(=O)=O. The summed E-state index contributed by atoms with van der Waals surface area (Å²) in [5, 5.41) is 2.54. The van der Waals surface area contributed by atoms with Gasteiger partial charge in [0.1, 0.15) is 5.75 Å². The molecule has 3 rings (SSSR count). The maximum absolute atomic E-state index is 12.9. The van der Waals surface area contributed by atoms with E-state index in [0.29, 0.717) is 11.8 Å². The fraction of sp³-hybridized carbons (Fsp3) is 0.208. The lowest BCUT2D eigenvalue weighted by atomic mass is 10.2. The Kier molecular flexibility index (Phi) is 8.69. The van der Waals surface area contributed by atoms with Gasteiger partial charge in [0, 0.05) is 25.0 Å². The molecule has 0 aliphatic carbocycles. The second-order valence-corrected chi connectivity index (χ2v) is 12.0. The summed E-state index contributed by atoms with van der Waals surface area (Å²) >= 11 is 0. The van der Waals surface area contributed by atoms with Gasteiger partial charge >= 0.3 is 6.18 Å².